The third kappa shape index (κ3) is 4.55. The number of hydrogen-bond donors (Lipinski definition) is 0. The lowest BCUT2D eigenvalue weighted by Crippen LogP contribution is -2.29. The molecule has 0 saturated heterocycles. The summed E-state index contributed by atoms with van der Waals surface area (Å²) in [6, 6.07) is 12.1. The van der Waals surface area contributed by atoms with Gasteiger partial charge in [0.1, 0.15) is 5.01 Å². The first-order valence-electron chi connectivity index (χ1n) is 8.86. The number of hydrogen-bond acceptors (Lipinski definition) is 4. The lowest BCUT2D eigenvalue weighted by atomic mass is 10.1. The van der Waals surface area contributed by atoms with E-state index in [0.29, 0.717) is 6.42 Å². The predicted octanol–water partition coefficient (Wildman–Crippen LogP) is 4.67. The Morgan fingerprint density at radius 3 is 2.50 bits per heavy atom. The maximum atomic E-state index is 12.2. The zero-order valence-corrected chi connectivity index (χ0v) is 16.0. The van der Waals surface area contributed by atoms with Gasteiger partial charge in [-0.05, 0) is 24.1 Å². The molecule has 0 N–H and O–H groups in total. The van der Waals surface area contributed by atoms with E-state index >= 15 is 0 Å². The molecule has 0 spiro atoms. The summed E-state index contributed by atoms with van der Waals surface area (Å²) >= 11 is 1.62. The van der Waals surface area contributed by atoms with Crippen molar-refractivity contribution in [2.24, 2.45) is 0 Å². The van der Waals surface area contributed by atoms with E-state index in [1.165, 1.54) is 0 Å². The molecule has 0 bridgehead atoms. The van der Waals surface area contributed by atoms with E-state index in [-0.39, 0.29) is 5.91 Å². The Morgan fingerprint density at radius 1 is 1.08 bits per heavy atom. The molecule has 4 nitrogen and oxygen atoms in total. The van der Waals surface area contributed by atoms with E-state index in [1.54, 1.807) is 23.7 Å². The normalized spacial score (nSPS) is 10.7. The van der Waals surface area contributed by atoms with E-state index < -0.39 is 0 Å². The Balaban J connectivity index is 1.66. The van der Waals surface area contributed by atoms with Crippen LogP contribution in [0.1, 0.15) is 25.3 Å². The number of nitrogens with zero attached hydrogens (tertiary/aromatic N) is 3. The van der Waals surface area contributed by atoms with Gasteiger partial charge in [-0.25, -0.2) is 4.98 Å². The first-order chi connectivity index (χ1) is 12.7. The largest absolute Gasteiger partial charge is 0.345 e. The van der Waals surface area contributed by atoms with Crippen LogP contribution in [0.4, 0.5) is 0 Å². The average molecular weight is 366 g/mol. The van der Waals surface area contributed by atoms with Gasteiger partial charge in [0.25, 0.3) is 0 Å². The summed E-state index contributed by atoms with van der Waals surface area (Å²) in [5.41, 5.74) is 4.14. The fourth-order valence-corrected chi connectivity index (χ4v) is 3.49. The van der Waals surface area contributed by atoms with Crippen molar-refractivity contribution in [2.45, 2.75) is 26.2 Å². The first kappa shape index (κ1) is 18.3. The second kappa shape index (κ2) is 8.72. The van der Waals surface area contributed by atoms with E-state index in [1.807, 2.05) is 48.3 Å². The quantitative estimate of drug-likeness (QED) is 0.611. The molecular weight excluding hydrogens is 342 g/mol. The number of amides is 1. The Labute approximate surface area is 158 Å². The average Bonchev–Trinajstić information content (AvgIpc) is 3.17. The summed E-state index contributed by atoms with van der Waals surface area (Å²) < 4.78 is 0. The molecule has 134 valence electrons. The number of carbonyl (C=O) groups excluding carboxylic acids is 1. The molecule has 0 aliphatic rings. The van der Waals surface area contributed by atoms with Crippen LogP contribution in [0.25, 0.3) is 21.8 Å². The summed E-state index contributed by atoms with van der Waals surface area (Å²) in [7, 11) is 1.88. The number of likely N-dealkylation sites (N-methyl/N-ethyl adjacent to an activating group) is 1. The molecule has 3 rings (SSSR count). The zero-order chi connectivity index (χ0) is 18.4. The highest BCUT2D eigenvalue weighted by atomic mass is 32.1. The van der Waals surface area contributed by atoms with Crippen LogP contribution in [-0.4, -0.2) is 34.4 Å². The van der Waals surface area contributed by atoms with Crippen LogP contribution < -0.4 is 0 Å². The van der Waals surface area contributed by atoms with Crippen molar-refractivity contribution in [3.63, 3.8) is 0 Å². The molecule has 0 radical (unpaired) electrons. The number of aromatic nitrogens is 2. The molecule has 2 aromatic heterocycles. The highest BCUT2D eigenvalue weighted by molar-refractivity contribution is 7.13. The number of pyridine rings is 1. The molecule has 3 aromatic rings. The van der Waals surface area contributed by atoms with Crippen molar-refractivity contribution in [1.29, 1.82) is 0 Å². The Bertz CT molecular complexity index is 843. The topological polar surface area (TPSA) is 46.1 Å². The molecule has 5 heteroatoms. The molecule has 0 saturated carbocycles. The van der Waals surface area contributed by atoms with Crippen molar-refractivity contribution in [3.05, 3.63) is 59.7 Å². The van der Waals surface area contributed by atoms with Gasteiger partial charge in [-0.1, -0.05) is 37.6 Å². The van der Waals surface area contributed by atoms with Gasteiger partial charge in [0.2, 0.25) is 5.91 Å². The van der Waals surface area contributed by atoms with Crippen LogP contribution in [0.15, 0.2) is 54.2 Å². The third-order valence-electron chi connectivity index (χ3n) is 4.31. The minimum absolute atomic E-state index is 0.167. The van der Waals surface area contributed by atoms with Gasteiger partial charge in [0.05, 0.1) is 12.1 Å². The highest BCUT2D eigenvalue weighted by Gasteiger charge is 2.10. The monoisotopic (exact) mass is 365 g/mol. The van der Waals surface area contributed by atoms with Gasteiger partial charge in [-0.15, -0.1) is 11.3 Å². The SMILES string of the molecule is CCCCN(C)C(=O)Cc1ccc(-c2csc(-c3ccncc3)n2)cc1. The summed E-state index contributed by atoms with van der Waals surface area (Å²) in [5, 5.41) is 3.05. The van der Waals surface area contributed by atoms with Gasteiger partial charge in [-0.2, -0.15) is 0 Å². The van der Waals surface area contributed by atoms with E-state index in [9.17, 15) is 4.79 Å². The fourth-order valence-electron chi connectivity index (χ4n) is 2.66. The Kier molecular flexibility index (Phi) is 6.12. The Morgan fingerprint density at radius 2 is 1.81 bits per heavy atom. The second-order valence-corrected chi connectivity index (χ2v) is 7.17. The minimum Gasteiger partial charge on any atom is -0.345 e. The van der Waals surface area contributed by atoms with Crippen LogP contribution in [0, 0.1) is 0 Å². The van der Waals surface area contributed by atoms with Gasteiger partial charge in [-0.3, -0.25) is 9.78 Å². The van der Waals surface area contributed by atoms with E-state index in [0.717, 1.165) is 46.8 Å². The first-order valence-corrected chi connectivity index (χ1v) is 9.74. The number of thiazole rings is 1. The van der Waals surface area contributed by atoms with E-state index in [4.69, 9.17) is 4.98 Å². The van der Waals surface area contributed by atoms with Crippen LogP contribution in [-0.2, 0) is 11.2 Å². The molecule has 2 heterocycles. The highest BCUT2D eigenvalue weighted by Crippen LogP contribution is 2.28. The van der Waals surface area contributed by atoms with Crippen molar-refractivity contribution in [2.75, 3.05) is 13.6 Å². The van der Waals surface area contributed by atoms with Crippen molar-refractivity contribution in [1.82, 2.24) is 14.9 Å². The molecule has 1 aromatic carbocycles. The molecule has 0 fully saturated rings. The maximum Gasteiger partial charge on any atom is 0.226 e. The summed E-state index contributed by atoms with van der Waals surface area (Å²) in [5.74, 6) is 0.167. The standard InChI is InChI=1S/C21H23N3OS/c1-3-4-13-24(2)20(25)14-16-5-7-17(8-6-16)19-15-26-21(23-19)18-9-11-22-12-10-18/h5-12,15H,3-4,13-14H2,1-2H3. The van der Waals surface area contributed by atoms with E-state index in [2.05, 4.69) is 17.3 Å². The molecule has 0 aliphatic heterocycles. The maximum absolute atomic E-state index is 12.2. The van der Waals surface area contributed by atoms with Crippen LogP contribution in [0.5, 0.6) is 0 Å². The molecule has 0 atom stereocenters. The van der Waals surface area contributed by atoms with Crippen LogP contribution in [0.2, 0.25) is 0 Å². The summed E-state index contributed by atoms with van der Waals surface area (Å²) in [6.07, 6.45) is 6.14. The number of carbonyl (C=O) groups is 1. The third-order valence-corrected chi connectivity index (χ3v) is 5.20. The molecule has 0 aliphatic carbocycles. The van der Waals surface area contributed by atoms with Crippen molar-refractivity contribution in [3.8, 4) is 21.8 Å². The number of rotatable bonds is 7. The van der Waals surface area contributed by atoms with Gasteiger partial charge in [0.15, 0.2) is 0 Å². The number of unbranched alkanes of at least 4 members (excludes halogenated alkanes) is 1. The zero-order valence-electron chi connectivity index (χ0n) is 15.2. The van der Waals surface area contributed by atoms with Crippen LogP contribution in [0.3, 0.4) is 0 Å². The smallest absolute Gasteiger partial charge is 0.226 e. The molecule has 26 heavy (non-hydrogen) atoms. The van der Waals surface area contributed by atoms with Gasteiger partial charge in [0, 0.05) is 42.5 Å². The lowest BCUT2D eigenvalue weighted by molar-refractivity contribution is -0.129. The van der Waals surface area contributed by atoms with Crippen molar-refractivity contribution >= 4 is 17.2 Å². The summed E-state index contributed by atoms with van der Waals surface area (Å²) in [6.45, 7) is 2.96. The minimum atomic E-state index is 0.167. The number of benzene rings is 1. The molecule has 0 unspecified atom stereocenters. The predicted molar refractivity (Wildman–Crippen MR) is 107 cm³/mol. The van der Waals surface area contributed by atoms with Gasteiger partial charge < -0.3 is 4.90 Å². The summed E-state index contributed by atoms with van der Waals surface area (Å²) in [4.78, 5) is 22.8. The van der Waals surface area contributed by atoms with Crippen molar-refractivity contribution < 1.29 is 4.79 Å². The lowest BCUT2D eigenvalue weighted by Gasteiger charge is -2.16. The molecular formula is C21H23N3OS. The second-order valence-electron chi connectivity index (χ2n) is 6.32. The Hall–Kier alpha value is -2.53. The fraction of sp³-hybridized carbons (Fsp3) is 0.286. The molecule has 1 amide bonds. The van der Waals surface area contributed by atoms with Gasteiger partial charge >= 0.3 is 0 Å². The van der Waals surface area contributed by atoms with Crippen LogP contribution >= 0.6 is 11.3 Å².